The molecule has 0 bridgehead atoms. The van der Waals surface area contributed by atoms with E-state index >= 15 is 0 Å². The van der Waals surface area contributed by atoms with E-state index in [4.69, 9.17) is 34.0 Å². The van der Waals surface area contributed by atoms with E-state index in [1.807, 2.05) is 24.3 Å². The quantitative estimate of drug-likeness (QED) is 0.835. The minimum Gasteiger partial charge on any atom is -0.467 e. The molecule has 1 heterocycles. The molecule has 2 aromatic rings. The van der Waals surface area contributed by atoms with E-state index in [0.717, 1.165) is 11.4 Å². The monoisotopic (exact) mass is 266 g/mol. The second-order valence-corrected chi connectivity index (χ2v) is 4.31. The molecule has 0 aliphatic heterocycles. The summed E-state index contributed by atoms with van der Waals surface area (Å²) in [6, 6.07) is 9.20. The van der Waals surface area contributed by atoms with Crippen molar-refractivity contribution >= 4 is 34.5 Å². The van der Waals surface area contributed by atoms with Gasteiger partial charge in [-0.05, 0) is 24.3 Å². The highest BCUT2D eigenvalue weighted by atomic mass is 35.5. The second-order valence-electron chi connectivity index (χ2n) is 3.46. The van der Waals surface area contributed by atoms with Crippen LogP contribution in [0.2, 0.25) is 5.02 Å². The summed E-state index contributed by atoms with van der Waals surface area (Å²) in [5.74, 6) is 0.832. The average Bonchev–Trinajstić information content (AvgIpc) is 2.78. The maximum absolute atomic E-state index is 6.05. The normalized spacial score (nSPS) is 10.2. The van der Waals surface area contributed by atoms with Gasteiger partial charge in [-0.2, -0.15) is 0 Å². The second kappa shape index (κ2) is 5.21. The van der Waals surface area contributed by atoms with E-state index in [2.05, 4.69) is 5.32 Å². The lowest BCUT2D eigenvalue weighted by atomic mass is 10.1. The smallest absolute Gasteiger partial charge is 0.122 e. The number of benzene rings is 1. The van der Waals surface area contributed by atoms with E-state index in [0.29, 0.717) is 17.1 Å². The van der Waals surface area contributed by atoms with Gasteiger partial charge in [0.15, 0.2) is 0 Å². The van der Waals surface area contributed by atoms with Crippen LogP contribution in [0.25, 0.3) is 0 Å². The molecule has 0 aliphatic carbocycles. The number of hydrogen-bond donors (Lipinski definition) is 2. The summed E-state index contributed by atoms with van der Waals surface area (Å²) in [4.78, 5) is 0.276. The van der Waals surface area contributed by atoms with Crippen molar-refractivity contribution in [2.45, 2.75) is 6.54 Å². The Hall–Kier alpha value is -1.52. The topological polar surface area (TPSA) is 51.2 Å². The number of furan rings is 1. The summed E-state index contributed by atoms with van der Waals surface area (Å²) in [7, 11) is 0. The Balaban J connectivity index is 2.21. The van der Waals surface area contributed by atoms with Crippen molar-refractivity contribution in [3.63, 3.8) is 0 Å². The van der Waals surface area contributed by atoms with Crippen molar-refractivity contribution in [1.29, 1.82) is 0 Å². The Kier molecular flexibility index (Phi) is 3.66. The minimum atomic E-state index is 0.276. The molecule has 0 radical (unpaired) electrons. The lowest BCUT2D eigenvalue weighted by Gasteiger charge is -2.11. The lowest BCUT2D eigenvalue weighted by Crippen LogP contribution is -2.13. The fraction of sp³-hybridized carbons (Fsp3) is 0.0833. The van der Waals surface area contributed by atoms with Gasteiger partial charge in [-0.3, -0.25) is 0 Å². The largest absolute Gasteiger partial charge is 0.467 e. The van der Waals surface area contributed by atoms with Crippen LogP contribution < -0.4 is 11.1 Å². The van der Waals surface area contributed by atoms with Gasteiger partial charge in [0.25, 0.3) is 0 Å². The molecule has 0 saturated carbocycles. The zero-order valence-corrected chi connectivity index (χ0v) is 10.5. The van der Waals surface area contributed by atoms with Crippen LogP contribution in [-0.4, -0.2) is 4.99 Å². The van der Waals surface area contributed by atoms with Gasteiger partial charge in [0.2, 0.25) is 0 Å². The predicted octanol–water partition coefficient (Wildman–Crippen LogP) is 3.18. The van der Waals surface area contributed by atoms with E-state index in [9.17, 15) is 0 Å². The minimum absolute atomic E-state index is 0.276. The molecule has 0 spiro atoms. The Morgan fingerprint density at radius 1 is 1.35 bits per heavy atom. The maximum Gasteiger partial charge on any atom is 0.122 e. The van der Waals surface area contributed by atoms with Crippen molar-refractivity contribution < 1.29 is 4.42 Å². The Bertz CT molecular complexity index is 525. The fourth-order valence-electron chi connectivity index (χ4n) is 1.52. The van der Waals surface area contributed by atoms with Gasteiger partial charge in [0.05, 0.1) is 23.4 Å². The molecule has 5 heteroatoms. The molecule has 3 N–H and O–H groups in total. The van der Waals surface area contributed by atoms with Gasteiger partial charge >= 0.3 is 0 Å². The SMILES string of the molecule is NC(=S)c1c(Cl)cccc1NCc1ccco1. The van der Waals surface area contributed by atoms with Crippen molar-refractivity contribution in [2.24, 2.45) is 5.73 Å². The molecule has 0 aliphatic rings. The van der Waals surface area contributed by atoms with Crippen LogP contribution in [0.4, 0.5) is 5.69 Å². The first kappa shape index (κ1) is 12.0. The first-order valence-electron chi connectivity index (χ1n) is 5.03. The molecular weight excluding hydrogens is 256 g/mol. The molecule has 0 fully saturated rings. The van der Waals surface area contributed by atoms with Crippen molar-refractivity contribution in [1.82, 2.24) is 0 Å². The summed E-state index contributed by atoms with van der Waals surface area (Å²) < 4.78 is 5.23. The van der Waals surface area contributed by atoms with Crippen LogP contribution in [0.3, 0.4) is 0 Å². The molecule has 0 unspecified atom stereocenters. The molecule has 88 valence electrons. The molecule has 17 heavy (non-hydrogen) atoms. The Labute approximate surface area is 110 Å². The number of hydrogen-bond acceptors (Lipinski definition) is 3. The van der Waals surface area contributed by atoms with Crippen LogP contribution in [-0.2, 0) is 6.54 Å². The molecule has 0 amide bonds. The van der Waals surface area contributed by atoms with Crippen LogP contribution in [0.15, 0.2) is 41.0 Å². The zero-order chi connectivity index (χ0) is 12.3. The number of halogens is 1. The number of anilines is 1. The summed E-state index contributed by atoms with van der Waals surface area (Å²) in [5.41, 5.74) is 7.12. The molecule has 1 aromatic heterocycles. The van der Waals surface area contributed by atoms with Crippen LogP contribution in [0.5, 0.6) is 0 Å². The first-order chi connectivity index (χ1) is 8.18. The van der Waals surface area contributed by atoms with E-state index in [-0.39, 0.29) is 4.99 Å². The fourth-order valence-corrected chi connectivity index (χ4v) is 2.07. The summed E-state index contributed by atoms with van der Waals surface area (Å²) in [6.07, 6.45) is 1.63. The van der Waals surface area contributed by atoms with Gasteiger partial charge in [-0.15, -0.1) is 0 Å². The van der Waals surface area contributed by atoms with Crippen LogP contribution in [0.1, 0.15) is 11.3 Å². The van der Waals surface area contributed by atoms with Gasteiger partial charge in [0.1, 0.15) is 10.7 Å². The third-order valence-corrected chi connectivity index (χ3v) is 2.81. The van der Waals surface area contributed by atoms with Gasteiger partial charge in [-0.1, -0.05) is 29.9 Å². The van der Waals surface area contributed by atoms with Crippen molar-refractivity contribution in [2.75, 3.05) is 5.32 Å². The van der Waals surface area contributed by atoms with Crippen LogP contribution in [0, 0.1) is 0 Å². The maximum atomic E-state index is 6.05. The number of thiocarbonyl (C=S) groups is 1. The van der Waals surface area contributed by atoms with Crippen molar-refractivity contribution in [3.05, 3.63) is 52.9 Å². The Morgan fingerprint density at radius 3 is 2.82 bits per heavy atom. The number of nitrogens with two attached hydrogens (primary N) is 1. The van der Waals surface area contributed by atoms with E-state index in [1.54, 1.807) is 12.3 Å². The summed E-state index contributed by atoms with van der Waals surface area (Å²) in [5, 5.41) is 3.74. The third-order valence-electron chi connectivity index (χ3n) is 2.29. The standard InChI is InChI=1S/C12H11ClN2OS/c13-9-4-1-5-10(11(9)12(14)17)15-7-8-3-2-6-16-8/h1-6,15H,7H2,(H2,14,17). The van der Waals surface area contributed by atoms with Gasteiger partial charge in [-0.25, -0.2) is 0 Å². The molecular formula is C12H11ClN2OS. The lowest BCUT2D eigenvalue weighted by molar-refractivity contribution is 0.518. The number of nitrogens with one attached hydrogen (secondary N) is 1. The molecule has 1 aromatic carbocycles. The average molecular weight is 267 g/mol. The summed E-state index contributed by atoms with van der Waals surface area (Å²) in [6.45, 7) is 0.558. The van der Waals surface area contributed by atoms with Crippen molar-refractivity contribution in [3.8, 4) is 0 Å². The van der Waals surface area contributed by atoms with E-state index in [1.165, 1.54) is 0 Å². The van der Waals surface area contributed by atoms with Gasteiger partial charge < -0.3 is 15.5 Å². The molecule has 3 nitrogen and oxygen atoms in total. The highest BCUT2D eigenvalue weighted by molar-refractivity contribution is 7.80. The first-order valence-corrected chi connectivity index (χ1v) is 5.81. The Morgan fingerprint density at radius 2 is 2.18 bits per heavy atom. The summed E-state index contributed by atoms with van der Waals surface area (Å²) >= 11 is 11.0. The zero-order valence-electron chi connectivity index (χ0n) is 8.94. The molecule has 0 atom stereocenters. The highest BCUT2D eigenvalue weighted by Gasteiger charge is 2.09. The van der Waals surface area contributed by atoms with Crippen LogP contribution >= 0.6 is 23.8 Å². The van der Waals surface area contributed by atoms with Gasteiger partial charge in [0, 0.05) is 5.69 Å². The third kappa shape index (κ3) is 2.78. The number of rotatable bonds is 4. The van der Waals surface area contributed by atoms with E-state index < -0.39 is 0 Å². The predicted molar refractivity (Wildman–Crippen MR) is 73.4 cm³/mol. The molecule has 0 saturated heterocycles. The molecule has 2 rings (SSSR count). The highest BCUT2D eigenvalue weighted by Crippen LogP contribution is 2.24.